The predicted molar refractivity (Wildman–Crippen MR) is 70.6 cm³/mol. The molecule has 1 unspecified atom stereocenters. The van der Waals surface area contributed by atoms with Crippen molar-refractivity contribution in [2.45, 2.75) is 19.6 Å². The number of hydrogen-bond acceptors (Lipinski definition) is 2. The monoisotopic (exact) mass is 240 g/mol. The highest BCUT2D eigenvalue weighted by molar-refractivity contribution is 5.38. The van der Waals surface area contributed by atoms with Crippen LogP contribution in [0.15, 0.2) is 48.5 Å². The second-order valence-corrected chi connectivity index (χ2v) is 4.62. The van der Waals surface area contributed by atoms with Crippen molar-refractivity contribution >= 4 is 0 Å². The third-order valence-electron chi connectivity index (χ3n) is 3.15. The van der Waals surface area contributed by atoms with E-state index in [1.165, 1.54) is 11.1 Å². The Morgan fingerprint density at radius 2 is 1.94 bits per heavy atom. The Balaban J connectivity index is 1.73. The molecule has 1 fully saturated rings. The number of ether oxygens (including phenoxy) is 2. The third-order valence-corrected chi connectivity index (χ3v) is 3.15. The van der Waals surface area contributed by atoms with Crippen molar-refractivity contribution in [2.75, 3.05) is 6.61 Å². The summed E-state index contributed by atoms with van der Waals surface area (Å²) in [6.07, 6.45) is 0.282. The summed E-state index contributed by atoms with van der Waals surface area (Å²) in [4.78, 5) is 0. The summed E-state index contributed by atoms with van der Waals surface area (Å²) in [6.45, 7) is 3.51. The molecule has 0 N–H and O–H groups in total. The quantitative estimate of drug-likeness (QED) is 0.761. The van der Waals surface area contributed by atoms with Crippen LogP contribution in [0.2, 0.25) is 0 Å². The minimum absolute atomic E-state index is 0.282. The molecule has 0 aliphatic carbocycles. The molecule has 0 amide bonds. The van der Waals surface area contributed by atoms with Crippen LogP contribution in [0.25, 0.3) is 0 Å². The van der Waals surface area contributed by atoms with Gasteiger partial charge in [0.15, 0.2) is 0 Å². The van der Waals surface area contributed by atoms with Crippen molar-refractivity contribution in [1.82, 2.24) is 0 Å². The van der Waals surface area contributed by atoms with Gasteiger partial charge in [-0.15, -0.1) is 0 Å². The minimum atomic E-state index is 0.282. The fourth-order valence-corrected chi connectivity index (χ4v) is 1.95. The van der Waals surface area contributed by atoms with Crippen LogP contribution in [-0.4, -0.2) is 6.61 Å². The molecule has 2 nitrogen and oxygen atoms in total. The van der Waals surface area contributed by atoms with Gasteiger partial charge in [0.2, 0.25) is 0 Å². The fourth-order valence-electron chi connectivity index (χ4n) is 1.95. The van der Waals surface area contributed by atoms with Gasteiger partial charge in [-0.05, 0) is 29.7 Å². The van der Waals surface area contributed by atoms with Gasteiger partial charge in [0.05, 0.1) is 6.61 Å². The molecule has 0 bridgehead atoms. The van der Waals surface area contributed by atoms with E-state index < -0.39 is 0 Å². The zero-order valence-corrected chi connectivity index (χ0v) is 10.4. The van der Waals surface area contributed by atoms with E-state index in [-0.39, 0.29) is 6.10 Å². The highest BCUT2D eigenvalue weighted by atomic mass is 16.6. The predicted octanol–water partition coefficient (Wildman–Crippen LogP) is 3.65. The summed E-state index contributed by atoms with van der Waals surface area (Å²) in [5, 5.41) is 0. The summed E-state index contributed by atoms with van der Waals surface area (Å²) >= 11 is 0. The van der Waals surface area contributed by atoms with Gasteiger partial charge in [0, 0.05) is 0 Å². The Hall–Kier alpha value is -1.80. The summed E-state index contributed by atoms with van der Waals surface area (Å²) in [7, 11) is 0. The number of hydrogen-bond donors (Lipinski definition) is 0. The smallest absolute Gasteiger partial charge is 0.123 e. The Morgan fingerprint density at radius 1 is 1.17 bits per heavy atom. The van der Waals surface area contributed by atoms with Gasteiger partial charge >= 0.3 is 0 Å². The first kappa shape index (κ1) is 11.3. The lowest BCUT2D eigenvalue weighted by Gasteiger charge is -2.10. The van der Waals surface area contributed by atoms with Crippen LogP contribution in [0.4, 0.5) is 0 Å². The molecule has 0 spiro atoms. The molecule has 1 heterocycles. The Bertz CT molecular complexity index is 530. The largest absolute Gasteiger partial charge is 0.489 e. The Kier molecular flexibility index (Phi) is 3.03. The summed E-state index contributed by atoms with van der Waals surface area (Å²) < 4.78 is 11.2. The van der Waals surface area contributed by atoms with Gasteiger partial charge < -0.3 is 9.47 Å². The molecule has 1 saturated heterocycles. The van der Waals surface area contributed by atoms with E-state index in [1.54, 1.807) is 0 Å². The van der Waals surface area contributed by atoms with E-state index in [0.717, 1.165) is 17.9 Å². The molecule has 2 aromatic rings. The highest BCUT2D eigenvalue weighted by Gasteiger charge is 2.25. The fraction of sp³-hybridized carbons (Fsp3) is 0.250. The van der Waals surface area contributed by atoms with Gasteiger partial charge in [-0.1, -0.05) is 42.5 Å². The van der Waals surface area contributed by atoms with Gasteiger partial charge in [-0.2, -0.15) is 0 Å². The molecule has 1 aliphatic rings. The van der Waals surface area contributed by atoms with E-state index in [4.69, 9.17) is 9.47 Å². The molecule has 2 aromatic carbocycles. The Morgan fingerprint density at radius 3 is 2.67 bits per heavy atom. The van der Waals surface area contributed by atoms with Crippen LogP contribution in [0.5, 0.6) is 5.75 Å². The van der Waals surface area contributed by atoms with Crippen LogP contribution < -0.4 is 4.74 Å². The SMILES string of the molecule is Cc1ccc(C2CO2)cc1OCc1ccccc1. The Labute approximate surface area is 107 Å². The number of epoxide rings is 1. The third kappa shape index (κ3) is 2.54. The molecule has 0 saturated carbocycles. The molecule has 3 rings (SSSR count). The molecular weight excluding hydrogens is 224 g/mol. The molecule has 18 heavy (non-hydrogen) atoms. The molecule has 0 radical (unpaired) electrons. The van der Waals surface area contributed by atoms with E-state index in [9.17, 15) is 0 Å². The zero-order valence-electron chi connectivity index (χ0n) is 10.4. The number of rotatable bonds is 4. The second kappa shape index (κ2) is 4.83. The maximum absolute atomic E-state index is 5.89. The molecule has 1 aliphatic heterocycles. The van der Waals surface area contributed by atoms with E-state index in [1.807, 2.05) is 18.2 Å². The first-order valence-electron chi connectivity index (χ1n) is 6.22. The average molecular weight is 240 g/mol. The van der Waals surface area contributed by atoms with Gasteiger partial charge in [-0.3, -0.25) is 0 Å². The van der Waals surface area contributed by atoms with Crippen LogP contribution in [0.1, 0.15) is 22.8 Å². The van der Waals surface area contributed by atoms with Crippen molar-refractivity contribution < 1.29 is 9.47 Å². The molecule has 1 atom stereocenters. The maximum Gasteiger partial charge on any atom is 0.123 e. The zero-order chi connectivity index (χ0) is 12.4. The molecular formula is C16H16O2. The lowest BCUT2D eigenvalue weighted by Crippen LogP contribution is -1.97. The van der Waals surface area contributed by atoms with Crippen LogP contribution >= 0.6 is 0 Å². The normalized spacial score (nSPS) is 17.5. The lowest BCUT2D eigenvalue weighted by molar-refractivity contribution is 0.303. The summed E-state index contributed by atoms with van der Waals surface area (Å²) in [5.74, 6) is 0.951. The number of benzene rings is 2. The van der Waals surface area contributed by atoms with Crippen LogP contribution in [0.3, 0.4) is 0 Å². The van der Waals surface area contributed by atoms with Gasteiger partial charge in [-0.25, -0.2) is 0 Å². The van der Waals surface area contributed by atoms with Gasteiger partial charge in [0.1, 0.15) is 18.5 Å². The average Bonchev–Trinajstić information content (AvgIpc) is 3.23. The van der Waals surface area contributed by atoms with Crippen molar-refractivity contribution in [2.24, 2.45) is 0 Å². The standard InChI is InChI=1S/C16H16O2/c1-12-7-8-14(16-11-18-16)9-15(12)17-10-13-5-3-2-4-6-13/h2-9,16H,10-11H2,1H3. The molecule has 2 heteroatoms. The second-order valence-electron chi connectivity index (χ2n) is 4.62. The minimum Gasteiger partial charge on any atom is -0.489 e. The van der Waals surface area contributed by atoms with Crippen LogP contribution in [-0.2, 0) is 11.3 Å². The van der Waals surface area contributed by atoms with Crippen molar-refractivity contribution in [3.05, 3.63) is 65.2 Å². The summed E-state index contributed by atoms with van der Waals surface area (Å²) in [5.41, 5.74) is 3.56. The summed E-state index contributed by atoms with van der Waals surface area (Å²) in [6, 6.07) is 16.5. The van der Waals surface area contributed by atoms with E-state index in [0.29, 0.717) is 6.61 Å². The van der Waals surface area contributed by atoms with E-state index in [2.05, 4.69) is 37.3 Å². The number of aryl methyl sites for hydroxylation is 1. The van der Waals surface area contributed by atoms with Crippen molar-refractivity contribution in [3.63, 3.8) is 0 Å². The first-order chi connectivity index (χ1) is 8.83. The van der Waals surface area contributed by atoms with E-state index >= 15 is 0 Å². The van der Waals surface area contributed by atoms with Gasteiger partial charge in [0.25, 0.3) is 0 Å². The maximum atomic E-state index is 5.89. The lowest BCUT2D eigenvalue weighted by atomic mass is 10.1. The molecule has 0 aromatic heterocycles. The highest BCUT2D eigenvalue weighted by Crippen LogP contribution is 2.33. The molecule has 92 valence electrons. The van der Waals surface area contributed by atoms with Crippen LogP contribution in [0, 0.1) is 6.92 Å². The first-order valence-corrected chi connectivity index (χ1v) is 6.22. The van der Waals surface area contributed by atoms with Crippen molar-refractivity contribution in [1.29, 1.82) is 0 Å². The van der Waals surface area contributed by atoms with Crippen molar-refractivity contribution in [3.8, 4) is 5.75 Å². The topological polar surface area (TPSA) is 21.8 Å².